The van der Waals surface area contributed by atoms with Crippen LogP contribution in [-0.4, -0.2) is 34.2 Å². The van der Waals surface area contributed by atoms with Crippen LogP contribution in [0.2, 0.25) is 0 Å². The second-order valence-electron chi connectivity index (χ2n) is 6.22. The van der Waals surface area contributed by atoms with Gasteiger partial charge in [0.1, 0.15) is 11.5 Å². The van der Waals surface area contributed by atoms with Crippen LogP contribution in [0.4, 0.5) is 0 Å². The van der Waals surface area contributed by atoms with Gasteiger partial charge in [-0.1, -0.05) is 39.8 Å². The maximum Gasteiger partial charge on any atom is 0.337 e. The number of hydrogen-bond donors (Lipinski definition) is 2. The van der Waals surface area contributed by atoms with Gasteiger partial charge in [0.25, 0.3) is 0 Å². The fourth-order valence-corrected chi connectivity index (χ4v) is 2.51. The lowest BCUT2D eigenvalue weighted by atomic mass is 9.73. The molecule has 0 rings (SSSR count). The second-order valence-corrected chi connectivity index (χ2v) is 6.22. The summed E-state index contributed by atoms with van der Waals surface area (Å²) in [6.07, 6.45) is 1.02. The van der Waals surface area contributed by atoms with Crippen LogP contribution in [0.1, 0.15) is 60.3 Å². The van der Waals surface area contributed by atoms with E-state index >= 15 is 0 Å². The molecule has 0 heterocycles. The van der Waals surface area contributed by atoms with Crippen LogP contribution in [0.15, 0.2) is 24.3 Å². The predicted octanol–water partition coefficient (Wildman–Crippen LogP) is 2.84. The molecule has 0 aliphatic rings. The molecule has 0 radical (unpaired) electrons. The first-order chi connectivity index (χ1) is 10.9. The third-order valence-electron chi connectivity index (χ3n) is 4.25. The van der Waals surface area contributed by atoms with Crippen molar-refractivity contribution in [1.29, 1.82) is 0 Å². The largest absolute Gasteiger partial charge is 0.458 e. The average molecular weight is 342 g/mol. The molecule has 0 aromatic heterocycles. The summed E-state index contributed by atoms with van der Waals surface area (Å²) in [5, 5.41) is 21.1. The SMILES string of the molecule is C=C(C)C(=O)OC(C)C(CC)(CCCC)C(O)(O)OC(=O)C(=C)C. The number of rotatable bonds is 10. The van der Waals surface area contributed by atoms with Crippen molar-refractivity contribution in [1.82, 2.24) is 0 Å². The molecule has 2 N–H and O–H groups in total. The Balaban J connectivity index is 5.75. The Morgan fingerprint density at radius 1 is 1.08 bits per heavy atom. The van der Waals surface area contributed by atoms with Crippen LogP contribution >= 0.6 is 0 Å². The highest BCUT2D eigenvalue weighted by Gasteiger charge is 2.56. The average Bonchev–Trinajstić information content (AvgIpc) is 2.47. The Morgan fingerprint density at radius 3 is 1.96 bits per heavy atom. The minimum atomic E-state index is -2.80. The molecule has 0 bridgehead atoms. The molecular formula is C18H30O6. The molecule has 2 atom stereocenters. The number of hydrogen-bond acceptors (Lipinski definition) is 6. The lowest BCUT2D eigenvalue weighted by Crippen LogP contribution is -2.57. The minimum absolute atomic E-state index is 0.0366. The highest BCUT2D eigenvalue weighted by atomic mass is 16.8. The molecule has 0 saturated carbocycles. The number of esters is 2. The summed E-state index contributed by atoms with van der Waals surface area (Å²) in [6.45, 7) is 15.1. The summed E-state index contributed by atoms with van der Waals surface area (Å²) in [7, 11) is 0. The van der Waals surface area contributed by atoms with Crippen molar-refractivity contribution in [3.8, 4) is 0 Å². The maximum absolute atomic E-state index is 11.8. The van der Waals surface area contributed by atoms with E-state index in [1.165, 1.54) is 13.8 Å². The minimum Gasteiger partial charge on any atom is -0.458 e. The number of unbranched alkanes of at least 4 members (excludes halogenated alkanes) is 1. The maximum atomic E-state index is 11.8. The molecule has 0 aliphatic heterocycles. The van der Waals surface area contributed by atoms with E-state index in [0.717, 1.165) is 6.42 Å². The van der Waals surface area contributed by atoms with E-state index in [1.807, 2.05) is 6.92 Å². The van der Waals surface area contributed by atoms with Crippen LogP contribution in [0.5, 0.6) is 0 Å². The van der Waals surface area contributed by atoms with E-state index in [-0.39, 0.29) is 17.6 Å². The van der Waals surface area contributed by atoms with E-state index in [4.69, 9.17) is 9.47 Å². The molecule has 6 nitrogen and oxygen atoms in total. The van der Waals surface area contributed by atoms with Crippen molar-refractivity contribution in [2.45, 2.75) is 72.4 Å². The third-order valence-corrected chi connectivity index (χ3v) is 4.25. The van der Waals surface area contributed by atoms with E-state index in [2.05, 4.69) is 13.2 Å². The molecular weight excluding hydrogens is 312 g/mol. The Labute approximate surface area is 144 Å². The van der Waals surface area contributed by atoms with Crippen molar-refractivity contribution >= 4 is 11.9 Å². The van der Waals surface area contributed by atoms with Crippen molar-refractivity contribution in [3.05, 3.63) is 24.3 Å². The van der Waals surface area contributed by atoms with E-state index in [9.17, 15) is 19.8 Å². The fraction of sp³-hybridized carbons (Fsp3) is 0.667. The van der Waals surface area contributed by atoms with Gasteiger partial charge in [0.15, 0.2) is 0 Å². The van der Waals surface area contributed by atoms with Gasteiger partial charge in [0.2, 0.25) is 0 Å². The lowest BCUT2D eigenvalue weighted by molar-refractivity contribution is -0.390. The summed E-state index contributed by atoms with van der Waals surface area (Å²) in [5.41, 5.74) is -1.14. The van der Waals surface area contributed by atoms with Gasteiger partial charge in [0.05, 0.1) is 0 Å². The number of carbonyl (C=O) groups excluding carboxylic acids is 2. The molecule has 0 fully saturated rings. The standard InChI is InChI=1S/C18H30O6/c1-8-10-11-17(9-2,14(7)23-15(19)12(3)4)18(21,22)24-16(20)13(5)6/h14,21-22H,3,5,8-11H2,1-2,4,6-7H3. The van der Waals surface area contributed by atoms with Gasteiger partial charge < -0.3 is 19.7 Å². The smallest absolute Gasteiger partial charge is 0.337 e. The third kappa shape index (κ3) is 5.18. The Morgan fingerprint density at radius 2 is 1.58 bits per heavy atom. The van der Waals surface area contributed by atoms with Crippen LogP contribution < -0.4 is 0 Å². The van der Waals surface area contributed by atoms with Crippen molar-refractivity contribution in [2.24, 2.45) is 5.41 Å². The predicted molar refractivity (Wildman–Crippen MR) is 90.7 cm³/mol. The van der Waals surface area contributed by atoms with Gasteiger partial charge in [-0.3, -0.25) is 0 Å². The van der Waals surface area contributed by atoms with Gasteiger partial charge in [-0.25, -0.2) is 9.59 Å². The van der Waals surface area contributed by atoms with Gasteiger partial charge in [-0.2, -0.15) is 0 Å². The first kappa shape index (κ1) is 22.3. The molecule has 0 aromatic carbocycles. The Kier molecular flexibility index (Phi) is 8.37. The van der Waals surface area contributed by atoms with Gasteiger partial charge in [-0.05, 0) is 33.6 Å². The number of ether oxygens (including phenoxy) is 2. The molecule has 138 valence electrons. The molecule has 0 spiro atoms. The summed E-state index contributed by atoms with van der Waals surface area (Å²) >= 11 is 0. The van der Waals surface area contributed by atoms with Gasteiger partial charge in [-0.15, -0.1) is 0 Å². The Hall–Kier alpha value is -1.66. The van der Waals surface area contributed by atoms with Crippen molar-refractivity contribution in [3.63, 3.8) is 0 Å². The van der Waals surface area contributed by atoms with Crippen LogP contribution in [0.25, 0.3) is 0 Å². The molecule has 0 amide bonds. The van der Waals surface area contributed by atoms with Gasteiger partial charge >= 0.3 is 17.9 Å². The topological polar surface area (TPSA) is 93.1 Å². The lowest BCUT2D eigenvalue weighted by Gasteiger charge is -2.45. The number of aliphatic hydroxyl groups is 2. The zero-order valence-corrected chi connectivity index (χ0v) is 15.3. The van der Waals surface area contributed by atoms with Gasteiger partial charge in [0, 0.05) is 11.1 Å². The molecule has 24 heavy (non-hydrogen) atoms. The van der Waals surface area contributed by atoms with E-state index in [0.29, 0.717) is 12.8 Å². The first-order valence-corrected chi connectivity index (χ1v) is 8.15. The summed E-state index contributed by atoms with van der Waals surface area (Å²) < 4.78 is 10.2. The van der Waals surface area contributed by atoms with E-state index in [1.54, 1.807) is 13.8 Å². The molecule has 0 saturated heterocycles. The van der Waals surface area contributed by atoms with Crippen molar-refractivity contribution < 1.29 is 29.3 Å². The molecule has 0 aromatic rings. The highest BCUT2D eigenvalue weighted by molar-refractivity contribution is 5.87. The van der Waals surface area contributed by atoms with Crippen LogP contribution in [0, 0.1) is 5.41 Å². The molecule has 2 unspecified atom stereocenters. The quantitative estimate of drug-likeness (QED) is 0.360. The number of carbonyl (C=O) groups is 2. The first-order valence-electron chi connectivity index (χ1n) is 8.15. The Bertz CT molecular complexity index is 494. The highest BCUT2D eigenvalue weighted by Crippen LogP contribution is 2.44. The second kappa shape index (κ2) is 8.99. The fourth-order valence-electron chi connectivity index (χ4n) is 2.51. The monoisotopic (exact) mass is 342 g/mol. The summed E-state index contributed by atoms with van der Waals surface area (Å²) in [4.78, 5) is 23.6. The van der Waals surface area contributed by atoms with Crippen LogP contribution in [-0.2, 0) is 19.1 Å². The normalized spacial score (nSPS) is 15.1. The molecule has 0 aliphatic carbocycles. The zero-order valence-electron chi connectivity index (χ0n) is 15.3. The summed E-state index contributed by atoms with van der Waals surface area (Å²) in [6, 6.07) is 0. The van der Waals surface area contributed by atoms with Crippen LogP contribution in [0.3, 0.4) is 0 Å². The van der Waals surface area contributed by atoms with Crippen molar-refractivity contribution in [2.75, 3.05) is 0 Å². The van der Waals surface area contributed by atoms with E-state index < -0.39 is 29.4 Å². The molecule has 6 heteroatoms. The zero-order chi connectivity index (χ0) is 19.1. The summed E-state index contributed by atoms with van der Waals surface area (Å²) in [5.74, 6) is -4.37.